The fourth-order valence-corrected chi connectivity index (χ4v) is 1.58. The minimum Gasteiger partial charge on any atom is -0.369 e. The zero-order valence-corrected chi connectivity index (χ0v) is 12.0. The van der Waals surface area contributed by atoms with E-state index in [0.717, 1.165) is 5.69 Å². The molecule has 0 saturated heterocycles. The molecule has 3 N–H and O–H groups in total. The Morgan fingerprint density at radius 3 is 2.58 bits per heavy atom. The molecule has 0 saturated carbocycles. The standard InChI is InChI=1S/C13H18ClN3O2/c1-4-9-5-8(6-10(14)17-9)11(18)16-7-13(2,3)12(15)19/h5-6H,4,7H2,1-3H3,(H2,15,19)(H,16,18). The number of pyridine rings is 1. The van der Waals surface area contributed by atoms with E-state index < -0.39 is 11.3 Å². The summed E-state index contributed by atoms with van der Waals surface area (Å²) in [5.74, 6) is -0.761. The monoisotopic (exact) mass is 283 g/mol. The fourth-order valence-electron chi connectivity index (χ4n) is 1.35. The number of aromatic nitrogens is 1. The zero-order valence-electron chi connectivity index (χ0n) is 11.3. The Labute approximate surface area is 117 Å². The molecule has 0 aromatic carbocycles. The highest BCUT2D eigenvalue weighted by atomic mass is 35.5. The first-order valence-corrected chi connectivity index (χ1v) is 6.38. The number of nitrogens with zero attached hydrogens (tertiary/aromatic N) is 1. The van der Waals surface area contributed by atoms with E-state index in [1.165, 1.54) is 6.07 Å². The third kappa shape index (κ3) is 4.21. The molecule has 0 bridgehead atoms. The summed E-state index contributed by atoms with van der Waals surface area (Å²) < 4.78 is 0. The maximum Gasteiger partial charge on any atom is 0.251 e. The van der Waals surface area contributed by atoms with Crippen LogP contribution in [0.5, 0.6) is 0 Å². The van der Waals surface area contributed by atoms with Gasteiger partial charge in [0, 0.05) is 17.8 Å². The molecule has 0 aliphatic carbocycles. The summed E-state index contributed by atoms with van der Waals surface area (Å²) >= 11 is 5.85. The van der Waals surface area contributed by atoms with Crippen LogP contribution in [-0.4, -0.2) is 23.3 Å². The smallest absolute Gasteiger partial charge is 0.251 e. The molecule has 1 aromatic heterocycles. The Hall–Kier alpha value is -1.62. The van der Waals surface area contributed by atoms with Gasteiger partial charge in [0.15, 0.2) is 0 Å². The van der Waals surface area contributed by atoms with Gasteiger partial charge in [0.25, 0.3) is 5.91 Å². The number of primary amides is 1. The first kappa shape index (κ1) is 15.4. The number of carbonyl (C=O) groups is 2. The number of aryl methyl sites for hydroxylation is 1. The summed E-state index contributed by atoms with van der Waals surface area (Å²) in [5, 5.41) is 2.95. The highest BCUT2D eigenvalue weighted by Crippen LogP contribution is 2.14. The van der Waals surface area contributed by atoms with Crippen molar-refractivity contribution >= 4 is 23.4 Å². The van der Waals surface area contributed by atoms with E-state index >= 15 is 0 Å². The van der Waals surface area contributed by atoms with Crippen molar-refractivity contribution < 1.29 is 9.59 Å². The van der Waals surface area contributed by atoms with Gasteiger partial charge in [0.05, 0.1) is 5.41 Å². The highest BCUT2D eigenvalue weighted by molar-refractivity contribution is 6.29. The topological polar surface area (TPSA) is 85.1 Å². The molecule has 0 spiro atoms. The number of hydrogen-bond acceptors (Lipinski definition) is 3. The Bertz CT molecular complexity index is 501. The highest BCUT2D eigenvalue weighted by Gasteiger charge is 2.25. The number of hydrogen-bond donors (Lipinski definition) is 2. The molecule has 1 rings (SSSR count). The Balaban J connectivity index is 2.79. The predicted molar refractivity (Wildman–Crippen MR) is 73.9 cm³/mol. The molecule has 1 heterocycles. The van der Waals surface area contributed by atoms with Crippen LogP contribution in [0.1, 0.15) is 36.8 Å². The van der Waals surface area contributed by atoms with Gasteiger partial charge in [-0.2, -0.15) is 0 Å². The van der Waals surface area contributed by atoms with Crippen molar-refractivity contribution in [2.75, 3.05) is 6.54 Å². The van der Waals surface area contributed by atoms with Crippen molar-refractivity contribution in [1.29, 1.82) is 0 Å². The van der Waals surface area contributed by atoms with E-state index in [1.807, 2.05) is 6.92 Å². The van der Waals surface area contributed by atoms with Crippen LogP contribution < -0.4 is 11.1 Å². The molecule has 2 amide bonds. The van der Waals surface area contributed by atoms with Crippen LogP contribution >= 0.6 is 11.6 Å². The molecule has 1 aromatic rings. The summed E-state index contributed by atoms with van der Waals surface area (Å²) in [4.78, 5) is 27.2. The largest absolute Gasteiger partial charge is 0.369 e. The molecule has 5 nitrogen and oxygen atoms in total. The van der Waals surface area contributed by atoms with Crippen LogP contribution in [0.3, 0.4) is 0 Å². The van der Waals surface area contributed by atoms with Crippen molar-refractivity contribution in [3.63, 3.8) is 0 Å². The lowest BCUT2D eigenvalue weighted by molar-refractivity contribution is -0.125. The van der Waals surface area contributed by atoms with Crippen LogP contribution in [0.4, 0.5) is 0 Å². The van der Waals surface area contributed by atoms with E-state index in [-0.39, 0.29) is 17.6 Å². The average Bonchev–Trinajstić information content (AvgIpc) is 2.34. The molecule has 0 radical (unpaired) electrons. The predicted octanol–water partition coefficient (Wildman–Crippen LogP) is 1.54. The molecule has 104 valence electrons. The van der Waals surface area contributed by atoms with E-state index in [0.29, 0.717) is 12.0 Å². The van der Waals surface area contributed by atoms with E-state index in [2.05, 4.69) is 10.3 Å². The molecule has 0 aliphatic heterocycles. The van der Waals surface area contributed by atoms with Gasteiger partial charge in [-0.3, -0.25) is 9.59 Å². The van der Waals surface area contributed by atoms with Crippen LogP contribution in [0.25, 0.3) is 0 Å². The van der Waals surface area contributed by atoms with Gasteiger partial charge in [-0.15, -0.1) is 0 Å². The van der Waals surface area contributed by atoms with Gasteiger partial charge >= 0.3 is 0 Å². The van der Waals surface area contributed by atoms with Crippen LogP contribution in [0.15, 0.2) is 12.1 Å². The van der Waals surface area contributed by atoms with E-state index in [9.17, 15) is 9.59 Å². The summed E-state index contributed by atoms with van der Waals surface area (Å²) in [6, 6.07) is 3.17. The van der Waals surface area contributed by atoms with Gasteiger partial charge in [-0.25, -0.2) is 4.98 Å². The number of nitrogens with two attached hydrogens (primary N) is 1. The van der Waals surface area contributed by atoms with Crippen molar-refractivity contribution in [2.24, 2.45) is 11.1 Å². The van der Waals surface area contributed by atoms with Gasteiger partial charge in [-0.1, -0.05) is 18.5 Å². The van der Waals surface area contributed by atoms with Crippen molar-refractivity contribution in [3.8, 4) is 0 Å². The molecule has 0 unspecified atom stereocenters. The maximum atomic E-state index is 12.0. The summed E-state index contributed by atoms with van der Waals surface area (Å²) in [6.45, 7) is 5.44. The second-order valence-electron chi connectivity index (χ2n) is 4.95. The van der Waals surface area contributed by atoms with Crippen molar-refractivity contribution in [3.05, 3.63) is 28.5 Å². The average molecular weight is 284 g/mol. The normalized spacial score (nSPS) is 11.2. The Kier molecular flexibility index (Phi) is 4.89. The third-order valence-electron chi connectivity index (χ3n) is 2.83. The maximum absolute atomic E-state index is 12.0. The van der Waals surface area contributed by atoms with Gasteiger partial charge < -0.3 is 11.1 Å². The Morgan fingerprint density at radius 1 is 1.42 bits per heavy atom. The number of nitrogens with one attached hydrogen (secondary N) is 1. The minimum atomic E-state index is -0.792. The molecule has 0 atom stereocenters. The molecule has 19 heavy (non-hydrogen) atoms. The van der Waals surface area contributed by atoms with Gasteiger partial charge in [0.2, 0.25) is 5.91 Å². The number of rotatable bonds is 5. The number of amides is 2. The number of carbonyl (C=O) groups excluding carboxylic acids is 2. The van der Waals surface area contributed by atoms with Gasteiger partial charge in [0.1, 0.15) is 5.15 Å². The van der Waals surface area contributed by atoms with E-state index in [4.69, 9.17) is 17.3 Å². The second kappa shape index (κ2) is 6.02. The van der Waals surface area contributed by atoms with Crippen LogP contribution in [0.2, 0.25) is 5.15 Å². The first-order chi connectivity index (χ1) is 8.76. The zero-order chi connectivity index (χ0) is 14.6. The minimum absolute atomic E-state index is 0.169. The molecular weight excluding hydrogens is 266 g/mol. The summed E-state index contributed by atoms with van der Waals surface area (Å²) in [5.41, 5.74) is 5.62. The first-order valence-electron chi connectivity index (χ1n) is 6.01. The third-order valence-corrected chi connectivity index (χ3v) is 3.02. The van der Waals surface area contributed by atoms with Crippen molar-refractivity contribution in [1.82, 2.24) is 10.3 Å². The molecular formula is C13H18ClN3O2. The SMILES string of the molecule is CCc1cc(C(=O)NCC(C)(C)C(N)=O)cc(Cl)n1. The quantitative estimate of drug-likeness (QED) is 0.804. The molecule has 0 fully saturated rings. The summed E-state index contributed by atoms with van der Waals surface area (Å²) in [7, 11) is 0. The van der Waals surface area contributed by atoms with E-state index in [1.54, 1.807) is 19.9 Å². The van der Waals surface area contributed by atoms with Crippen molar-refractivity contribution in [2.45, 2.75) is 27.2 Å². The number of halogens is 1. The lowest BCUT2D eigenvalue weighted by Crippen LogP contribution is -2.42. The Morgan fingerprint density at radius 2 is 2.05 bits per heavy atom. The van der Waals surface area contributed by atoms with Crippen LogP contribution in [0, 0.1) is 5.41 Å². The fraction of sp³-hybridized carbons (Fsp3) is 0.462. The summed E-state index contributed by atoms with van der Waals surface area (Å²) in [6.07, 6.45) is 0.688. The molecule has 0 aliphatic rings. The lowest BCUT2D eigenvalue weighted by Gasteiger charge is -2.20. The van der Waals surface area contributed by atoms with Gasteiger partial charge in [-0.05, 0) is 32.4 Å². The molecule has 6 heteroatoms. The second-order valence-corrected chi connectivity index (χ2v) is 5.34. The van der Waals surface area contributed by atoms with Crippen LogP contribution in [-0.2, 0) is 11.2 Å². The lowest BCUT2D eigenvalue weighted by atomic mass is 9.92.